The number of likely N-dealkylation sites (tertiary alicyclic amines) is 1. The highest BCUT2D eigenvalue weighted by molar-refractivity contribution is 7.07. The van der Waals surface area contributed by atoms with Crippen LogP contribution >= 0.6 is 11.3 Å². The fourth-order valence-electron chi connectivity index (χ4n) is 5.02. The molecule has 4 nitrogen and oxygen atoms in total. The second-order valence-electron chi connectivity index (χ2n) is 8.87. The first-order valence-corrected chi connectivity index (χ1v) is 10.7. The van der Waals surface area contributed by atoms with Crippen molar-refractivity contribution in [1.82, 2.24) is 15.1 Å². The molecule has 1 N–H and O–H groups in total. The Labute approximate surface area is 155 Å². The molecular formula is C20H31N3OS. The van der Waals surface area contributed by atoms with Crippen molar-refractivity contribution in [1.29, 1.82) is 0 Å². The van der Waals surface area contributed by atoms with Crippen molar-refractivity contribution in [2.75, 3.05) is 32.7 Å². The van der Waals surface area contributed by atoms with E-state index in [4.69, 9.17) is 0 Å². The molecule has 0 aromatic carbocycles. The molecule has 0 bridgehead atoms. The summed E-state index contributed by atoms with van der Waals surface area (Å²) in [7, 11) is 0. The van der Waals surface area contributed by atoms with Crippen LogP contribution in [0.4, 0.5) is 0 Å². The van der Waals surface area contributed by atoms with Gasteiger partial charge in [0.1, 0.15) is 0 Å². The van der Waals surface area contributed by atoms with Crippen LogP contribution in [-0.2, 0) is 11.3 Å². The average Bonchev–Trinajstić information content (AvgIpc) is 2.96. The summed E-state index contributed by atoms with van der Waals surface area (Å²) in [4.78, 5) is 17.0. The summed E-state index contributed by atoms with van der Waals surface area (Å²) < 4.78 is 0. The molecule has 2 atom stereocenters. The van der Waals surface area contributed by atoms with Crippen LogP contribution in [-0.4, -0.2) is 54.5 Å². The SMILES string of the molecule is CC(=O)N(Cc1ccsc1)C1CC12CCN(CC1(C)CCNC1)CC2. The summed E-state index contributed by atoms with van der Waals surface area (Å²) in [6.45, 7) is 10.9. The molecule has 3 fully saturated rings. The van der Waals surface area contributed by atoms with Crippen LogP contribution < -0.4 is 5.32 Å². The largest absolute Gasteiger partial charge is 0.335 e. The van der Waals surface area contributed by atoms with E-state index in [1.165, 1.54) is 57.4 Å². The predicted molar refractivity (Wildman–Crippen MR) is 103 cm³/mol. The number of carbonyl (C=O) groups excluding carboxylic acids is 1. The third-order valence-corrected chi connectivity index (χ3v) is 7.51. The van der Waals surface area contributed by atoms with Gasteiger partial charge in [0.15, 0.2) is 0 Å². The van der Waals surface area contributed by atoms with Crippen LogP contribution in [0.15, 0.2) is 16.8 Å². The zero-order chi connectivity index (χ0) is 17.5. The summed E-state index contributed by atoms with van der Waals surface area (Å²) in [5.74, 6) is 0.236. The maximum atomic E-state index is 12.2. The molecule has 138 valence electrons. The number of nitrogens with zero attached hydrogens (tertiary/aromatic N) is 2. The molecule has 0 radical (unpaired) electrons. The lowest BCUT2D eigenvalue weighted by Crippen LogP contribution is -2.44. The van der Waals surface area contributed by atoms with Gasteiger partial charge in [0.25, 0.3) is 0 Å². The molecule has 2 aliphatic heterocycles. The fourth-order valence-corrected chi connectivity index (χ4v) is 5.68. The van der Waals surface area contributed by atoms with Crippen molar-refractivity contribution in [2.24, 2.45) is 10.8 Å². The normalized spacial score (nSPS) is 31.4. The highest BCUT2D eigenvalue weighted by Crippen LogP contribution is 2.57. The molecule has 1 amide bonds. The van der Waals surface area contributed by atoms with E-state index >= 15 is 0 Å². The first-order chi connectivity index (χ1) is 12.0. The second-order valence-corrected chi connectivity index (χ2v) is 9.65. The van der Waals surface area contributed by atoms with Crippen LogP contribution in [0, 0.1) is 10.8 Å². The number of piperidine rings is 1. The lowest BCUT2D eigenvalue weighted by atomic mass is 9.86. The summed E-state index contributed by atoms with van der Waals surface area (Å²) in [5.41, 5.74) is 2.14. The topological polar surface area (TPSA) is 35.6 Å². The molecule has 3 heterocycles. The third kappa shape index (κ3) is 3.64. The van der Waals surface area contributed by atoms with E-state index in [2.05, 4.69) is 38.9 Å². The number of amides is 1. The highest BCUT2D eigenvalue weighted by Gasteiger charge is 2.58. The Balaban J connectivity index is 1.33. The van der Waals surface area contributed by atoms with Gasteiger partial charge in [0.2, 0.25) is 5.91 Å². The first kappa shape index (κ1) is 17.5. The van der Waals surface area contributed by atoms with Gasteiger partial charge in [-0.2, -0.15) is 11.3 Å². The van der Waals surface area contributed by atoms with Crippen LogP contribution in [0.25, 0.3) is 0 Å². The average molecular weight is 362 g/mol. The summed E-state index contributed by atoms with van der Waals surface area (Å²) in [5, 5.41) is 7.79. The second kappa shape index (κ2) is 6.67. The number of hydrogen-bond donors (Lipinski definition) is 1. The van der Waals surface area contributed by atoms with Crippen molar-refractivity contribution in [3.05, 3.63) is 22.4 Å². The Bertz CT molecular complexity index is 600. The van der Waals surface area contributed by atoms with E-state index in [9.17, 15) is 4.79 Å². The van der Waals surface area contributed by atoms with Gasteiger partial charge in [-0.05, 0) is 78.5 Å². The molecule has 25 heavy (non-hydrogen) atoms. The molecule has 5 heteroatoms. The fraction of sp³-hybridized carbons (Fsp3) is 0.750. The van der Waals surface area contributed by atoms with Crippen molar-refractivity contribution in [3.8, 4) is 0 Å². The Morgan fingerprint density at radius 2 is 2.20 bits per heavy atom. The lowest BCUT2D eigenvalue weighted by Gasteiger charge is -2.38. The maximum absolute atomic E-state index is 12.2. The van der Waals surface area contributed by atoms with Gasteiger partial charge in [-0.3, -0.25) is 4.79 Å². The molecule has 1 aromatic heterocycles. The van der Waals surface area contributed by atoms with Gasteiger partial charge in [-0.15, -0.1) is 0 Å². The van der Waals surface area contributed by atoms with E-state index in [0.717, 1.165) is 13.1 Å². The zero-order valence-electron chi connectivity index (χ0n) is 15.6. The smallest absolute Gasteiger partial charge is 0.220 e. The van der Waals surface area contributed by atoms with Crippen LogP contribution in [0.2, 0.25) is 0 Å². The van der Waals surface area contributed by atoms with Crippen LogP contribution in [0.3, 0.4) is 0 Å². The Hall–Kier alpha value is -0.910. The molecule has 1 saturated carbocycles. The van der Waals surface area contributed by atoms with Gasteiger partial charge < -0.3 is 15.1 Å². The molecule has 1 spiro atoms. The molecular weight excluding hydrogens is 330 g/mol. The minimum absolute atomic E-state index is 0.236. The first-order valence-electron chi connectivity index (χ1n) is 9.71. The predicted octanol–water partition coefficient (Wildman–Crippen LogP) is 2.95. The molecule has 1 aromatic rings. The zero-order valence-corrected chi connectivity index (χ0v) is 16.4. The quantitative estimate of drug-likeness (QED) is 0.876. The number of thiophene rings is 1. The van der Waals surface area contributed by atoms with Crippen LogP contribution in [0.1, 0.15) is 45.1 Å². The molecule has 4 rings (SSSR count). The Morgan fingerprint density at radius 3 is 2.80 bits per heavy atom. The third-order valence-electron chi connectivity index (χ3n) is 6.77. The molecule has 2 unspecified atom stereocenters. The summed E-state index contributed by atoms with van der Waals surface area (Å²) >= 11 is 1.72. The summed E-state index contributed by atoms with van der Waals surface area (Å²) in [6.07, 6.45) is 5.03. The summed E-state index contributed by atoms with van der Waals surface area (Å²) in [6, 6.07) is 2.62. The van der Waals surface area contributed by atoms with Crippen LogP contribution in [0.5, 0.6) is 0 Å². The number of hydrogen-bond acceptors (Lipinski definition) is 4. The standard InChI is InChI=1S/C20H31N3OS/c1-16(24)23(12-17-3-10-25-13-17)18-11-20(18)5-8-22(9-6-20)15-19(2)4-7-21-14-19/h3,10,13,18,21H,4-9,11-12,14-15H2,1-2H3. The number of carbonyl (C=O) groups is 1. The Kier molecular flexibility index (Phi) is 4.67. The number of rotatable bonds is 5. The monoisotopic (exact) mass is 361 g/mol. The van der Waals surface area contributed by atoms with E-state index in [0.29, 0.717) is 16.9 Å². The van der Waals surface area contributed by atoms with E-state index in [1.807, 2.05) is 0 Å². The van der Waals surface area contributed by atoms with E-state index in [-0.39, 0.29) is 5.91 Å². The van der Waals surface area contributed by atoms with Crippen molar-refractivity contribution < 1.29 is 4.79 Å². The maximum Gasteiger partial charge on any atom is 0.220 e. The minimum Gasteiger partial charge on any atom is -0.335 e. The highest BCUT2D eigenvalue weighted by atomic mass is 32.1. The molecule has 1 aliphatic carbocycles. The molecule has 2 saturated heterocycles. The Morgan fingerprint density at radius 1 is 1.40 bits per heavy atom. The van der Waals surface area contributed by atoms with Crippen molar-refractivity contribution >= 4 is 17.2 Å². The van der Waals surface area contributed by atoms with Gasteiger partial charge in [0, 0.05) is 32.6 Å². The van der Waals surface area contributed by atoms with Crippen molar-refractivity contribution in [2.45, 2.75) is 52.1 Å². The number of nitrogens with one attached hydrogen (secondary N) is 1. The van der Waals surface area contributed by atoms with Gasteiger partial charge in [-0.1, -0.05) is 6.92 Å². The van der Waals surface area contributed by atoms with Gasteiger partial charge >= 0.3 is 0 Å². The van der Waals surface area contributed by atoms with Gasteiger partial charge in [0.05, 0.1) is 0 Å². The van der Waals surface area contributed by atoms with E-state index < -0.39 is 0 Å². The van der Waals surface area contributed by atoms with Crippen molar-refractivity contribution in [3.63, 3.8) is 0 Å². The molecule has 3 aliphatic rings. The lowest BCUT2D eigenvalue weighted by molar-refractivity contribution is -0.130. The van der Waals surface area contributed by atoms with E-state index in [1.54, 1.807) is 18.3 Å². The minimum atomic E-state index is 0.236. The van der Waals surface area contributed by atoms with Gasteiger partial charge in [-0.25, -0.2) is 0 Å².